The van der Waals surface area contributed by atoms with E-state index in [1.807, 2.05) is 31.3 Å². The molecular weight excluding hydrogens is 268 g/mol. The van der Waals surface area contributed by atoms with Crippen molar-refractivity contribution in [1.29, 1.82) is 0 Å². The molecule has 6 nitrogen and oxygen atoms in total. The molecule has 0 aromatic carbocycles. The summed E-state index contributed by atoms with van der Waals surface area (Å²) in [5, 5.41) is 12.0. The summed E-state index contributed by atoms with van der Waals surface area (Å²) >= 11 is 0. The fourth-order valence-corrected chi connectivity index (χ4v) is 2.50. The summed E-state index contributed by atoms with van der Waals surface area (Å²) < 4.78 is 0. The Morgan fingerprint density at radius 1 is 1.33 bits per heavy atom. The van der Waals surface area contributed by atoms with Crippen LogP contribution in [-0.2, 0) is 4.79 Å². The maximum atomic E-state index is 11.4. The number of rotatable bonds is 5. The zero-order chi connectivity index (χ0) is 15.2. The molecule has 21 heavy (non-hydrogen) atoms. The van der Waals surface area contributed by atoms with E-state index in [0.717, 1.165) is 38.5 Å². The van der Waals surface area contributed by atoms with Gasteiger partial charge in [0.2, 0.25) is 5.91 Å². The second kappa shape index (κ2) is 7.38. The molecule has 1 aliphatic rings. The van der Waals surface area contributed by atoms with E-state index in [4.69, 9.17) is 0 Å². The van der Waals surface area contributed by atoms with Gasteiger partial charge >= 0.3 is 0 Å². The molecule has 1 saturated heterocycles. The summed E-state index contributed by atoms with van der Waals surface area (Å²) in [6.45, 7) is 8.02. The number of carbonyl (C=O) groups is 1. The van der Waals surface area contributed by atoms with Crippen molar-refractivity contribution in [1.82, 2.24) is 15.2 Å². The third kappa shape index (κ3) is 4.68. The zero-order valence-corrected chi connectivity index (χ0v) is 12.7. The third-order valence-electron chi connectivity index (χ3n) is 3.65. The highest BCUT2D eigenvalue weighted by molar-refractivity contribution is 5.80. The Kier molecular flexibility index (Phi) is 5.52. The third-order valence-corrected chi connectivity index (χ3v) is 3.65. The van der Waals surface area contributed by atoms with Gasteiger partial charge in [-0.3, -0.25) is 9.69 Å². The first-order valence-electron chi connectivity index (χ1n) is 7.43. The minimum Gasteiger partial charge on any atom is -0.384 e. The highest BCUT2D eigenvalue weighted by Gasteiger charge is 2.20. The van der Waals surface area contributed by atoms with Crippen LogP contribution in [0, 0.1) is 0 Å². The molecule has 1 amide bonds. The van der Waals surface area contributed by atoms with Crippen LogP contribution >= 0.6 is 0 Å². The number of aromatic nitrogens is 1. The molecule has 0 bridgehead atoms. The molecule has 0 saturated carbocycles. The van der Waals surface area contributed by atoms with Crippen LogP contribution in [0.25, 0.3) is 0 Å². The first-order valence-corrected chi connectivity index (χ1v) is 7.43. The number of pyridine rings is 1. The quantitative estimate of drug-likeness (QED) is 0.805. The minimum atomic E-state index is -0.951. The second-order valence-corrected chi connectivity index (χ2v) is 5.56. The molecule has 2 N–H and O–H groups in total. The Morgan fingerprint density at radius 2 is 2.05 bits per heavy atom. The van der Waals surface area contributed by atoms with Gasteiger partial charge in [0.05, 0.1) is 0 Å². The highest BCUT2D eigenvalue weighted by atomic mass is 16.3. The van der Waals surface area contributed by atoms with Gasteiger partial charge in [0.15, 0.2) is 0 Å². The van der Waals surface area contributed by atoms with E-state index in [9.17, 15) is 9.90 Å². The molecular formula is C15H24N4O2. The predicted molar refractivity (Wildman–Crippen MR) is 82.2 cm³/mol. The maximum Gasteiger partial charge on any atom is 0.248 e. The number of aliphatic hydroxyl groups excluding tert-OH is 1. The number of nitrogens with one attached hydrogen (secondary N) is 1. The number of hydrogen-bond donors (Lipinski definition) is 2. The molecule has 116 valence electrons. The largest absolute Gasteiger partial charge is 0.384 e. The molecule has 6 heteroatoms. The summed E-state index contributed by atoms with van der Waals surface area (Å²) in [4.78, 5) is 20.4. The average molecular weight is 292 g/mol. The van der Waals surface area contributed by atoms with E-state index >= 15 is 0 Å². The van der Waals surface area contributed by atoms with E-state index < -0.39 is 6.10 Å². The van der Waals surface area contributed by atoms with Crippen LogP contribution in [0.4, 0.5) is 5.82 Å². The molecule has 1 aliphatic heterocycles. The Hall–Kier alpha value is -1.66. The standard InChI is InChI=1S/C15H24N4O2/c1-12(17-15(21)13(2)20)11-18-7-9-19(10-8-18)14-5-3-4-6-16-14/h3-6,12-13,20H,7-11H2,1-2H3,(H,17,21). The molecule has 1 aromatic heterocycles. The van der Waals surface area contributed by atoms with Crippen LogP contribution in [0.1, 0.15) is 13.8 Å². The Labute approximate surface area is 125 Å². The Morgan fingerprint density at radius 3 is 2.62 bits per heavy atom. The minimum absolute atomic E-state index is 0.0356. The van der Waals surface area contributed by atoms with Crippen LogP contribution in [0.3, 0.4) is 0 Å². The fraction of sp³-hybridized carbons (Fsp3) is 0.600. The Bertz CT molecular complexity index is 444. The van der Waals surface area contributed by atoms with E-state index in [-0.39, 0.29) is 11.9 Å². The van der Waals surface area contributed by atoms with Crippen molar-refractivity contribution in [3.63, 3.8) is 0 Å². The summed E-state index contributed by atoms with van der Waals surface area (Å²) in [6.07, 6.45) is 0.864. The molecule has 0 aliphatic carbocycles. The number of anilines is 1. The van der Waals surface area contributed by atoms with Gasteiger partial charge in [0.1, 0.15) is 11.9 Å². The van der Waals surface area contributed by atoms with Crippen LogP contribution in [0.5, 0.6) is 0 Å². The van der Waals surface area contributed by atoms with Crippen molar-refractivity contribution in [2.45, 2.75) is 26.0 Å². The molecule has 1 fully saturated rings. The van der Waals surface area contributed by atoms with Gasteiger partial charge in [-0.1, -0.05) is 6.07 Å². The van der Waals surface area contributed by atoms with Crippen molar-refractivity contribution < 1.29 is 9.90 Å². The summed E-state index contributed by atoms with van der Waals surface area (Å²) in [5.74, 6) is 0.710. The summed E-state index contributed by atoms with van der Waals surface area (Å²) in [6, 6.07) is 5.99. The van der Waals surface area contributed by atoms with E-state index in [2.05, 4.69) is 20.1 Å². The summed E-state index contributed by atoms with van der Waals surface area (Å²) in [7, 11) is 0. The van der Waals surface area contributed by atoms with Gasteiger partial charge in [-0.25, -0.2) is 4.98 Å². The molecule has 2 atom stereocenters. The predicted octanol–water partition coefficient (Wildman–Crippen LogP) is 0.0891. The molecule has 2 unspecified atom stereocenters. The average Bonchev–Trinajstić information content (AvgIpc) is 2.48. The lowest BCUT2D eigenvalue weighted by atomic mass is 10.2. The van der Waals surface area contributed by atoms with E-state index in [0.29, 0.717) is 0 Å². The van der Waals surface area contributed by atoms with Gasteiger partial charge < -0.3 is 15.3 Å². The molecule has 0 spiro atoms. The van der Waals surface area contributed by atoms with Gasteiger partial charge in [0, 0.05) is 45.0 Å². The van der Waals surface area contributed by atoms with E-state index in [1.165, 1.54) is 6.92 Å². The fourth-order valence-electron chi connectivity index (χ4n) is 2.50. The SMILES string of the molecule is CC(CN1CCN(c2ccccn2)CC1)NC(=O)C(C)O. The lowest BCUT2D eigenvalue weighted by Gasteiger charge is -2.36. The maximum absolute atomic E-state index is 11.4. The van der Waals surface area contributed by atoms with E-state index in [1.54, 1.807) is 0 Å². The topological polar surface area (TPSA) is 68.7 Å². The first kappa shape index (κ1) is 15.7. The van der Waals surface area contributed by atoms with Gasteiger partial charge in [-0.05, 0) is 26.0 Å². The zero-order valence-electron chi connectivity index (χ0n) is 12.7. The van der Waals surface area contributed by atoms with Crippen LogP contribution < -0.4 is 10.2 Å². The second-order valence-electron chi connectivity index (χ2n) is 5.56. The number of aliphatic hydroxyl groups is 1. The lowest BCUT2D eigenvalue weighted by Crippen LogP contribution is -2.51. The highest BCUT2D eigenvalue weighted by Crippen LogP contribution is 2.12. The van der Waals surface area contributed by atoms with Crippen molar-refractivity contribution in [3.05, 3.63) is 24.4 Å². The van der Waals surface area contributed by atoms with Crippen LogP contribution in [0.15, 0.2) is 24.4 Å². The number of carbonyl (C=O) groups excluding carboxylic acids is 1. The number of amides is 1. The molecule has 0 radical (unpaired) electrons. The van der Waals surface area contributed by atoms with Crippen molar-refractivity contribution in [2.24, 2.45) is 0 Å². The van der Waals surface area contributed by atoms with Crippen LogP contribution in [0.2, 0.25) is 0 Å². The smallest absolute Gasteiger partial charge is 0.248 e. The number of hydrogen-bond acceptors (Lipinski definition) is 5. The number of nitrogens with zero attached hydrogens (tertiary/aromatic N) is 3. The lowest BCUT2D eigenvalue weighted by molar-refractivity contribution is -0.129. The normalized spacial score (nSPS) is 19.1. The van der Waals surface area contributed by atoms with Gasteiger partial charge in [-0.2, -0.15) is 0 Å². The first-order chi connectivity index (χ1) is 10.1. The van der Waals surface area contributed by atoms with Gasteiger partial charge in [0.25, 0.3) is 0 Å². The molecule has 1 aromatic rings. The van der Waals surface area contributed by atoms with Gasteiger partial charge in [-0.15, -0.1) is 0 Å². The molecule has 2 rings (SSSR count). The molecule has 2 heterocycles. The monoisotopic (exact) mass is 292 g/mol. The van der Waals surface area contributed by atoms with Crippen LogP contribution in [-0.4, -0.2) is 65.8 Å². The van der Waals surface area contributed by atoms with Crippen molar-refractivity contribution >= 4 is 11.7 Å². The Balaban J connectivity index is 1.75. The van der Waals surface area contributed by atoms with Crippen molar-refractivity contribution in [2.75, 3.05) is 37.6 Å². The summed E-state index contributed by atoms with van der Waals surface area (Å²) in [5.41, 5.74) is 0. The van der Waals surface area contributed by atoms with Crippen molar-refractivity contribution in [3.8, 4) is 0 Å². The number of piperazine rings is 1.